The molecule has 1 saturated heterocycles. The molecule has 2 aliphatic rings. The van der Waals surface area contributed by atoms with Crippen molar-refractivity contribution in [1.29, 1.82) is 0 Å². The average Bonchev–Trinajstić information content (AvgIpc) is 3.34. The van der Waals surface area contributed by atoms with Gasteiger partial charge >= 0.3 is 12.0 Å². The van der Waals surface area contributed by atoms with E-state index in [4.69, 9.17) is 4.74 Å². The summed E-state index contributed by atoms with van der Waals surface area (Å²) in [6.07, 6.45) is 0.758. The van der Waals surface area contributed by atoms with Gasteiger partial charge in [-0.2, -0.15) is 5.01 Å². The third-order valence-corrected chi connectivity index (χ3v) is 7.71. The fraction of sp³-hybridized carbons (Fsp3) is 0.414. The van der Waals surface area contributed by atoms with Gasteiger partial charge in [-0.1, -0.05) is 66.4 Å². The van der Waals surface area contributed by atoms with Gasteiger partial charge < -0.3 is 4.74 Å². The fourth-order valence-electron chi connectivity index (χ4n) is 5.02. The van der Waals surface area contributed by atoms with Crippen molar-refractivity contribution in [2.45, 2.75) is 58.1 Å². The molecular weight excluding hydrogens is 518 g/mol. The number of urea groups is 1. The molecule has 0 radical (unpaired) electrons. The van der Waals surface area contributed by atoms with Crippen LogP contribution < -0.4 is 5.43 Å². The van der Waals surface area contributed by atoms with Gasteiger partial charge in [0.25, 0.3) is 5.91 Å². The Bertz CT molecular complexity index is 1260. The van der Waals surface area contributed by atoms with Crippen molar-refractivity contribution in [3.05, 3.63) is 71.3 Å². The zero-order valence-electron chi connectivity index (χ0n) is 22.6. The van der Waals surface area contributed by atoms with Crippen LogP contribution in [0.1, 0.15) is 44.4 Å². The molecule has 39 heavy (non-hydrogen) atoms. The topological polar surface area (TPSA) is 113 Å². The average molecular weight is 552 g/mol. The van der Waals surface area contributed by atoms with Crippen LogP contribution in [0, 0.1) is 5.92 Å². The van der Waals surface area contributed by atoms with E-state index in [9.17, 15) is 24.0 Å². The smallest absolute Gasteiger partial charge is 0.347 e. The minimum absolute atomic E-state index is 0.139. The van der Waals surface area contributed by atoms with E-state index in [-0.39, 0.29) is 23.7 Å². The van der Waals surface area contributed by atoms with Gasteiger partial charge in [-0.25, -0.2) is 4.79 Å². The normalized spacial score (nSPS) is 16.8. The second-order valence-electron chi connectivity index (χ2n) is 10.9. The van der Waals surface area contributed by atoms with Gasteiger partial charge in [0.05, 0.1) is 5.92 Å². The van der Waals surface area contributed by atoms with Crippen molar-refractivity contribution < 1.29 is 28.7 Å². The van der Waals surface area contributed by atoms with E-state index in [0.717, 1.165) is 33.5 Å². The van der Waals surface area contributed by atoms with Crippen molar-refractivity contribution >= 4 is 40.7 Å². The number of hydrogen-bond acceptors (Lipinski definition) is 7. The Morgan fingerprint density at radius 2 is 1.59 bits per heavy atom. The standard InChI is InChI=1S/C29H33N3O6S/c1-19(33)39-18-23(14-20-10-6-5-7-11-20)25(35)30-32-26(36)29(15-21-12-8-9-13-22(21)16-29)31(27(32)37)17-24(34)38-28(2,3)4/h5-13,23H,14-18H2,1-4H3,(H,30,35). The summed E-state index contributed by atoms with van der Waals surface area (Å²) in [5.41, 5.74) is 3.09. The van der Waals surface area contributed by atoms with E-state index in [1.165, 1.54) is 11.8 Å². The lowest BCUT2D eigenvalue weighted by Gasteiger charge is -2.31. The number of rotatable bonds is 8. The highest BCUT2D eigenvalue weighted by atomic mass is 32.2. The number of fused-ring (bicyclic) bond motifs is 1. The maximum absolute atomic E-state index is 13.9. The minimum atomic E-state index is -1.35. The van der Waals surface area contributed by atoms with E-state index in [1.807, 2.05) is 54.6 Å². The van der Waals surface area contributed by atoms with E-state index in [0.29, 0.717) is 6.42 Å². The highest BCUT2D eigenvalue weighted by Crippen LogP contribution is 2.40. The molecule has 206 valence electrons. The lowest BCUT2D eigenvalue weighted by Crippen LogP contribution is -2.53. The third kappa shape index (κ3) is 6.33. The molecule has 1 spiro atoms. The van der Waals surface area contributed by atoms with Crippen molar-refractivity contribution in [2.24, 2.45) is 5.92 Å². The summed E-state index contributed by atoms with van der Waals surface area (Å²) in [4.78, 5) is 66.7. The summed E-state index contributed by atoms with van der Waals surface area (Å²) in [6, 6.07) is 16.0. The zero-order valence-corrected chi connectivity index (χ0v) is 23.4. The highest BCUT2D eigenvalue weighted by Gasteiger charge is 2.61. The number of amides is 4. The van der Waals surface area contributed by atoms with Gasteiger partial charge in [0, 0.05) is 25.5 Å². The molecule has 0 bridgehead atoms. The number of carbonyl (C=O) groups is 5. The molecule has 1 unspecified atom stereocenters. The summed E-state index contributed by atoms with van der Waals surface area (Å²) in [5.74, 6) is -2.30. The number of hydrazine groups is 1. The van der Waals surface area contributed by atoms with E-state index in [2.05, 4.69) is 5.43 Å². The maximum atomic E-state index is 13.9. The molecule has 4 rings (SSSR count). The van der Waals surface area contributed by atoms with Crippen LogP contribution in [0.5, 0.6) is 0 Å². The van der Waals surface area contributed by atoms with Crippen molar-refractivity contribution in [3.8, 4) is 0 Å². The van der Waals surface area contributed by atoms with Crippen molar-refractivity contribution in [3.63, 3.8) is 0 Å². The molecule has 9 nitrogen and oxygen atoms in total. The minimum Gasteiger partial charge on any atom is -0.459 e. The SMILES string of the molecule is CC(=O)SCC(Cc1ccccc1)C(=O)NN1C(=O)N(CC(=O)OC(C)(C)C)C2(Cc3ccccc3C2)C1=O. The van der Waals surface area contributed by atoms with Gasteiger partial charge in [-0.3, -0.25) is 29.5 Å². The predicted octanol–water partition coefficient (Wildman–Crippen LogP) is 3.30. The van der Waals surface area contributed by atoms with Crippen molar-refractivity contribution in [2.75, 3.05) is 12.3 Å². The maximum Gasteiger partial charge on any atom is 0.347 e. The molecule has 0 saturated carbocycles. The van der Waals surface area contributed by atoms with Crippen molar-refractivity contribution in [1.82, 2.24) is 15.3 Å². The Labute approximate surface area is 232 Å². The molecule has 0 aromatic heterocycles. The van der Waals surface area contributed by atoms with Crippen LogP contribution in [0.3, 0.4) is 0 Å². The molecule has 1 N–H and O–H groups in total. The van der Waals surface area contributed by atoms with E-state index < -0.39 is 47.4 Å². The molecular formula is C29H33N3O6S. The van der Waals surface area contributed by atoms with Crippen LogP contribution >= 0.6 is 11.8 Å². The molecule has 10 heteroatoms. The number of nitrogens with zero attached hydrogens (tertiary/aromatic N) is 2. The number of hydrogen-bond donors (Lipinski definition) is 1. The number of nitrogens with one attached hydrogen (secondary N) is 1. The Morgan fingerprint density at radius 3 is 2.15 bits per heavy atom. The number of carbonyl (C=O) groups excluding carboxylic acids is 5. The molecule has 1 aliphatic carbocycles. The van der Waals surface area contributed by atoms with Crippen LogP contribution in [0.2, 0.25) is 0 Å². The number of thioether (sulfide) groups is 1. The quantitative estimate of drug-likeness (QED) is 0.396. The highest BCUT2D eigenvalue weighted by molar-refractivity contribution is 8.13. The molecule has 1 fully saturated rings. The second kappa shape index (κ2) is 11.2. The van der Waals surface area contributed by atoms with Gasteiger partial charge in [0.15, 0.2) is 5.12 Å². The van der Waals surface area contributed by atoms with Crippen LogP contribution in [0.4, 0.5) is 4.79 Å². The van der Waals surface area contributed by atoms with Crippen LogP contribution in [0.25, 0.3) is 0 Å². The van der Waals surface area contributed by atoms with Crippen LogP contribution in [-0.4, -0.2) is 62.3 Å². The van der Waals surface area contributed by atoms with Crippen LogP contribution in [0.15, 0.2) is 54.6 Å². The molecule has 4 amide bonds. The van der Waals surface area contributed by atoms with Crippen LogP contribution in [-0.2, 0) is 43.2 Å². The molecule has 1 aliphatic heterocycles. The second-order valence-corrected chi connectivity index (χ2v) is 12.1. The first kappa shape index (κ1) is 28.4. The first-order valence-corrected chi connectivity index (χ1v) is 13.8. The zero-order chi connectivity index (χ0) is 28.4. The summed E-state index contributed by atoms with van der Waals surface area (Å²) >= 11 is 1.01. The van der Waals surface area contributed by atoms with E-state index >= 15 is 0 Å². The summed E-state index contributed by atoms with van der Waals surface area (Å²) in [7, 11) is 0. The monoisotopic (exact) mass is 551 g/mol. The first-order chi connectivity index (χ1) is 18.4. The van der Waals surface area contributed by atoms with Gasteiger partial charge in [-0.05, 0) is 43.9 Å². The molecule has 2 aromatic carbocycles. The fourth-order valence-corrected chi connectivity index (χ4v) is 5.72. The molecule has 2 aromatic rings. The molecule has 1 heterocycles. The lowest BCUT2D eigenvalue weighted by molar-refractivity contribution is -0.156. The summed E-state index contributed by atoms with van der Waals surface area (Å²) in [5, 5.41) is 0.593. The third-order valence-electron chi connectivity index (χ3n) is 6.74. The first-order valence-electron chi connectivity index (χ1n) is 12.8. The Balaban J connectivity index is 1.60. The van der Waals surface area contributed by atoms with Gasteiger partial charge in [-0.15, -0.1) is 0 Å². The Hall–Kier alpha value is -3.66. The number of benzene rings is 2. The lowest BCUT2D eigenvalue weighted by atomic mass is 9.94. The largest absolute Gasteiger partial charge is 0.459 e. The predicted molar refractivity (Wildman–Crippen MR) is 146 cm³/mol. The van der Waals surface area contributed by atoms with Gasteiger partial charge in [0.1, 0.15) is 17.7 Å². The summed E-state index contributed by atoms with van der Waals surface area (Å²) in [6.45, 7) is 6.16. The number of imide groups is 1. The molecule has 1 atom stereocenters. The number of esters is 1. The van der Waals surface area contributed by atoms with E-state index in [1.54, 1.807) is 20.8 Å². The Morgan fingerprint density at radius 1 is 1.00 bits per heavy atom. The van der Waals surface area contributed by atoms with Gasteiger partial charge in [0.2, 0.25) is 5.91 Å². The number of ether oxygens (including phenoxy) is 1. The Kier molecular flexibility index (Phi) is 8.15. The summed E-state index contributed by atoms with van der Waals surface area (Å²) < 4.78 is 5.45.